The highest BCUT2D eigenvalue weighted by Crippen LogP contribution is 2.31. The molecule has 0 aliphatic carbocycles. The van der Waals surface area contributed by atoms with E-state index in [9.17, 15) is 13.2 Å². The Labute approximate surface area is 203 Å². The van der Waals surface area contributed by atoms with E-state index in [2.05, 4.69) is 28.8 Å². The van der Waals surface area contributed by atoms with E-state index in [1.165, 1.54) is 30.0 Å². The highest BCUT2D eigenvalue weighted by molar-refractivity contribution is 7.92. The zero-order chi connectivity index (χ0) is 25.3. The van der Waals surface area contributed by atoms with Crippen LogP contribution in [-0.2, 0) is 10.0 Å². The van der Waals surface area contributed by atoms with Crippen LogP contribution in [0.4, 0.5) is 5.69 Å². The Bertz CT molecular complexity index is 1520. The van der Waals surface area contributed by atoms with E-state index in [-0.39, 0.29) is 16.2 Å². The predicted octanol–water partition coefficient (Wildman–Crippen LogP) is 4.44. The molecule has 2 aromatic heterocycles. The Morgan fingerprint density at radius 2 is 1.74 bits per heavy atom. The Kier molecular flexibility index (Phi) is 6.49. The maximum absolute atomic E-state index is 13.3. The normalized spacial score (nSPS) is 11.6. The van der Waals surface area contributed by atoms with E-state index < -0.39 is 10.0 Å². The second-order valence-electron chi connectivity index (χ2n) is 8.39. The number of benzene rings is 2. The minimum absolute atomic E-state index is 0.0534. The standard InChI is InChI=1S/C25H26N4O5S/c1-15(2)18-6-9-20(10-7-18)28-35(31,32)23-14-19(8-12-22(23)33-5)21-11-13-24(30)29(26-21)25-16(3)27-34-17(25)4/h6-15,28H,1-5H3. The summed E-state index contributed by atoms with van der Waals surface area (Å²) >= 11 is 0. The van der Waals surface area contributed by atoms with Gasteiger partial charge in [0.25, 0.3) is 15.6 Å². The second-order valence-corrected chi connectivity index (χ2v) is 10.0. The van der Waals surface area contributed by atoms with Gasteiger partial charge < -0.3 is 9.26 Å². The van der Waals surface area contributed by atoms with Crippen molar-refractivity contribution in [1.82, 2.24) is 14.9 Å². The average molecular weight is 495 g/mol. The van der Waals surface area contributed by atoms with Crippen LogP contribution in [-0.4, -0.2) is 30.5 Å². The van der Waals surface area contributed by atoms with Crippen LogP contribution in [0.2, 0.25) is 0 Å². The molecule has 0 amide bonds. The van der Waals surface area contributed by atoms with Gasteiger partial charge in [-0.1, -0.05) is 31.1 Å². The molecule has 35 heavy (non-hydrogen) atoms. The molecule has 0 unspecified atom stereocenters. The fraction of sp³-hybridized carbons (Fsp3) is 0.240. The summed E-state index contributed by atoms with van der Waals surface area (Å²) in [6.45, 7) is 7.54. The molecule has 2 aromatic carbocycles. The first-order chi connectivity index (χ1) is 16.6. The third-order valence-electron chi connectivity index (χ3n) is 5.59. The van der Waals surface area contributed by atoms with Crippen molar-refractivity contribution in [2.75, 3.05) is 11.8 Å². The number of ether oxygens (including phenoxy) is 1. The topological polar surface area (TPSA) is 116 Å². The number of aryl methyl sites for hydroxylation is 2. The maximum atomic E-state index is 13.3. The summed E-state index contributed by atoms with van der Waals surface area (Å²) in [5.74, 6) is 0.956. The van der Waals surface area contributed by atoms with E-state index >= 15 is 0 Å². The summed E-state index contributed by atoms with van der Waals surface area (Å²) in [5.41, 5.74) is 3.02. The van der Waals surface area contributed by atoms with E-state index in [1.807, 2.05) is 12.1 Å². The van der Waals surface area contributed by atoms with Crippen molar-refractivity contribution in [3.8, 4) is 22.7 Å². The molecule has 1 N–H and O–H groups in total. The number of aromatic nitrogens is 3. The van der Waals surface area contributed by atoms with Crippen molar-refractivity contribution < 1.29 is 17.7 Å². The SMILES string of the molecule is COc1ccc(-c2ccc(=O)n(-c3c(C)noc3C)n2)cc1S(=O)(=O)Nc1ccc(C(C)C)cc1. The number of nitrogens with one attached hydrogen (secondary N) is 1. The van der Waals surface area contributed by atoms with Crippen LogP contribution in [0.1, 0.15) is 36.8 Å². The molecule has 0 aliphatic heterocycles. The van der Waals surface area contributed by atoms with Crippen molar-refractivity contribution in [2.24, 2.45) is 0 Å². The minimum Gasteiger partial charge on any atom is -0.495 e. The smallest absolute Gasteiger partial charge is 0.271 e. The third kappa shape index (κ3) is 4.83. The molecule has 0 aliphatic rings. The molecule has 4 aromatic rings. The highest BCUT2D eigenvalue weighted by Gasteiger charge is 2.22. The van der Waals surface area contributed by atoms with Gasteiger partial charge in [0, 0.05) is 17.3 Å². The van der Waals surface area contributed by atoms with E-state index in [4.69, 9.17) is 9.26 Å². The van der Waals surface area contributed by atoms with Crippen molar-refractivity contribution in [3.63, 3.8) is 0 Å². The maximum Gasteiger partial charge on any atom is 0.271 e. The first-order valence-corrected chi connectivity index (χ1v) is 12.4. The first kappa shape index (κ1) is 24.2. The molecule has 10 heteroatoms. The summed E-state index contributed by atoms with van der Waals surface area (Å²) in [4.78, 5) is 12.5. The third-order valence-corrected chi connectivity index (χ3v) is 6.99. The van der Waals surface area contributed by atoms with Gasteiger partial charge in [-0.05, 0) is 61.7 Å². The van der Waals surface area contributed by atoms with Gasteiger partial charge in [0.1, 0.15) is 22.0 Å². The number of anilines is 1. The number of methoxy groups -OCH3 is 1. The van der Waals surface area contributed by atoms with E-state index in [0.29, 0.717) is 40.0 Å². The summed E-state index contributed by atoms with van der Waals surface area (Å²) in [7, 11) is -2.59. The van der Waals surface area contributed by atoms with Crippen LogP contribution in [0.5, 0.6) is 5.75 Å². The molecular formula is C25H26N4O5S. The largest absolute Gasteiger partial charge is 0.495 e. The molecule has 0 saturated carbocycles. The molecule has 9 nitrogen and oxygen atoms in total. The lowest BCUT2D eigenvalue weighted by molar-refractivity contribution is 0.392. The van der Waals surface area contributed by atoms with Crippen molar-refractivity contribution in [2.45, 2.75) is 38.5 Å². The van der Waals surface area contributed by atoms with Gasteiger partial charge >= 0.3 is 0 Å². The molecule has 0 spiro atoms. The van der Waals surface area contributed by atoms with Crippen LogP contribution >= 0.6 is 0 Å². The molecule has 182 valence electrons. The van der Waals surface area contributed by atoms with Gasteiger partial charge in [-0.25, -0.2) is 8.42 Å². The van der Waals surface area contributed by atoms with Crippen LogP contribution < -0.4 is 15.0 Å². The van der Waals surface area contributed by atoms with Crippen LogP contribution in [0.15, 0.2) is 68.8 Å². The number of nitrogens with zero attached hydrogens (tertiary/aromatic N) is 3. The van der Waals surface area contributed by atoms with Gasteiger partial charge in [-0.15, -0.1) is 0 Å². The van der Waals surface area contributed by atoms with Crippen LogP contribution in [0, 0.1) is 13.8 Å². The lowest BCUT2D eigenvalue weighted by Crippen LogP contribution is -2.21. The minimum atomic E-state index is -3.99. The Balaban J connectivity index is 1.75. The first-order valence-electron chi connectivity index (χ1n) is 11.0. The monoisotopic (exact) mass is 494 g/mol. The number of hydrogen-bond acceptors (Lipinski definition) is 7. The highest BCUT2D eigenvalue weighted by atomic mass is 32.2. The molecule has 0 fully saturated rings. The summed E-state index contributed by atoms with van der Waals surface area (Å²) in [6.07, 6.45) is 0. The van der Waals surface area contributed by atoms with Gasteiger partial charge in [-0.3, -0.25) is 9.52 Å². The Hall–Kier alpha value is -3.92. The zero-order valence-electron chi connectivity index (χ0n) is 20.1. The summed E-state index contributed by atoms with van der Waals surface area (Å²) in [6, 6.07) is 14.8. The lowest BCUT2D eigenvalue weighted by Gasteiger charge is -2.14. The molecule has 4 rings (SSSR count). The van der Waals surface area contributed by atoms with Crippen molar-refractivity contribution in [3.05, 3.63) is 82.0 Å². The Morgan fingerprint density at radius 3 is 2.34 bits per heavy atom. The van der Waals surface area contributed by atoms with Gasteiger partial charge in [0.15, 0.2) is 5.76 Å². The lowest BCUT2D eigenvalue weighted by atomic mass is 10.0. The molecule has 0 radical (unpaired) electrons. The van der Waals surface area contributed by atoms with E-state index in [0.717, 1.165) is 5.56 Å². The predicted molar refractivity (Wildman–Crippen MR) is 133 cm³/mol. The fourth-order valence-electron chi connectivity index (χ4n) is 3.70. The molecular weight excluding hydrogens is 468 g/mol. The number of hydrogen-bond donors (Lipinski definition) is 1. The van der Waals surface area contributed by atoms with Crippen molar-refractivity contribution in [1.29, 1.82) is 0 Å². The van der Waals surface area contributed by atoms with Gasteiger partial charge in [0.2, 0.25) is 0 Å². The molecule has 0 bridgehead atoms. The molecule has 2 heterocycles. The van der Waals surface area contributed by atoms with Crippen LogP contribution in [0.3, 0.4) is 0 Å². The van der Waals surface area contributed by atoms with E-state index in [1.54, 1.807) is 38.1 Å². The quantitative estimate of drug-likeness (QED) is 0.404. The Morgan fingerprint density at radius 1 is 1.03 bits per heavy atom. The average Bonchev–Trinajstić information content (AvgIpc) is 3.16. The number of rotatable bonds is 7. The second kappa shape index (κ2) is 9.38. The van der Waals surface area contributed by atoms with Crippen LogP contribution in [0.25, 0.3) is 16.9 Å². The van der Waals surface area contributed by atoms with Gasteiger partial charge in [0.05, 0.1) is 12.8 Å². The number of sulfonamides is 1. The van der Waals surface area contributed by atoms with Crippen molar-refractivity contribution >= 4 is 15.7 Å². The summed E-state index contributed by atoms with van der Waals surface area (Å²) < 4.78 is 40.9. The molecule has 0 atom stereocenters. The summed E-state index contributed by atoms with van der Waals surface area (Å²) in [5, 5.41) is 8.32. The zero-order valence-corrected chi connectivity index (χ0v) is 20.9. The van der Waals surface area contributed by atoms with Gasteiger partial charge in [-0.2, -0.15) is 9.78 Å². The fourth-order valence-corrected chi connectivity index (χ4v) is 4.95. The molecule has 0 saturated heterocycles.